The van der Waals surface area contributed by atoms with Gasteiger partial charge in [0.25, 0.3) is 5.76 Å². The van der Waals surface area contributed by atoms with Crippen molar-refractivity contribution in [3.8, 4) is 17.2 Å². The number of phenolic OH excluding ortho intramolecular Hbond substituents is 1. The van der Waals surface area contributed by atoms with Crippen LogP contribution in [-0.4, -0.2) is 24.3 Å². The molecule has 0 saturated heterocycles. The molecular formula is C21H20O7. The van der Waals surface area contributed by atoms with E-state index >= 15 is 0 Å². The number of ether oxygens (including phenoxy) is 3. The van der Waals surface area contributed by atoms with Crippen molar-refractivity contribution in [2.45, 2.75) is 20.5 Å². The summed E-state index contributed by atoms with van der Waals surface area (Å²) in [5.74, 6) is -1.21. The van der Waals surface area contributed by atoms with Crippen molar-refractivity contribution in [1.82, 2.24) is 0 Å². The van der Waals surface area contributed by atoms with Gasteiger partial charge in [0.1, 0.15) is 17.1 Å². The highest BCUT2D eigenvalue weighted by molar-refractivity contribution is 5.93. The fraction of sp³-hybridized carbons (Fsp3) is 0.238. The molecule has 0 bridgehead atoms. The Morgan fingerprint density at radius 2 is 1.82 bits per heavy atom. The van der Waals surface area contributed by atoms with Gasteiger partial charge in [-0.2, -0.15) is 0 Å². The first-order valence-corrected chi connectivity index (χ1v) is 8.86. The van der Waals surface area contributed by atoms with E-state index in [9.17, 15) is 14.7 Å². The average molecular weight is 384 g/mol. The number of fused-ring (bicyclic) bond motifs is 1. The molecule has 2 aromatic carbocycles. The Bertz CT molecular complexity index is 1040. The van der Waals surface area contributed by atoms with E-state index in [1.165, 1.54) is 12.1 Å². The Hall–Kier alpha value is -3.32. The average Bonchev–Trinajstić information content (AvgIpc) is 2.70. The van der Waals surface area contributed by atoms with Crippen molar-refractivity contribution in [2.75, 3.05) is 13.2 Å². The minimum atomic E-state index is -0.835. The minimum absolute atomic E-state index is 0.0176. The van der Waals surface area contributed by atoms with Gasteiger partial charge in [-0.3, -0.25) is 4.79 Å². The van der Waals surface area contributed by atoms with Crippen molar-refractivity contribution >= 4 is 16.9 Å². The molecule has 0 unspecified atom stereocenters. The molecule has 0 aliphatic carbocycles. The summed E-state index contributed by atoms with van der Waals surface area (Å²) in [5, 5.41) is 10.3. The van der Waals surface area contributed by atoms with E-state index in [0.29, 0.717) is 12.4 Å². The summed E-state index contributed by atoms with van der Waals surface area (Å²) in [6.07, 6.45) is 0. The first-order chi connectivity index (χ1) is 13.6. The standard InChI is InChI=1S/C21H20O7/c1-3-25-12-15-16(22)11-10-14-17(23)19(27-13-8-6-5-7-9-13)20(28-18(14)15)21(24)26-4-2/h5-11,22H,3-4,12H2,1-2H3. The maximum Gasteiger partial charge on any atom is 0.378 e. The van der Waals surface area contributed by atoms with E-state index in [1.807, 2.05) is 0 Å². The summed E-state index contributed by atoms with van der Waals surface area (Å²) in [4.78, 5) is 25.5. The molecule has 1 N–H and O–H groups in total. The van der Waals surface area contributed by atoms with Gasteiger partial charge < -0.3 is 23.7 Å². The lowest BCUT2D eigenvalue weighted by molar-refractivity contribution is 0.0485. The van der Waals surface area contributed by atoms with Crippen molar-refractivity contribution in [3.05, 3.63) is 64.0 Å². The third kappa shape index (κ3) is 3.84. The number of hydrogen-bond acceptors (Lipinski definition) is 7. The van der Waals surface area contributed by atoms with Crippen LogP contribution in [0.3, 0.4) is 0 Å². The molecule has 0 spiro atoms. The van der Waals surface area contributed by atoms with Crippen molar-refractivity contribution < 1.29 is 28.5 Å². The van der Waals surface area contributed by atoms with Gasteiger partial charge in [-0.25, -0.2) is 4.79 Å². The molecule has 7 heteroatoms. The van der Waals surface area contributed by atoms with Gasteiger partial charge in [-0.1, -0.05) is 18.2 Å². The molecule has 28 heavy (non-hydrogen) atoms. The molecule has 146 valence electrons. The van der Waals surface area contributed by atoms with E-state index in [0.717, 1.165) is 0 Å². The highest BCUT2D eigenvalue weighted by Crippen LogP contribution is 2.32. The van der Waals surface area contributed by atoms with Crippen LogP contribution in [0.1, 0.15) is 30.0 Å². The largest absolute Gasteiger partial charge is 0.507 e. The van der Waals surface area contributed by atoms with Crippen LogP contribution in [0, 0.1) is 0 Å². The Kier molecular flexibility index (Phi) is 5.96. The number of hydrogen-bond donors (Lipinski definition) is 1. The van der Waals surface area contributed by atoms with Crippen LogP contribution in [0.25, 0.3) is 11.0 Å². The summed E-state index contributed by atoms with van der Waals surface area (Å²) in [5.41, 5.74) is -0.221. The third-order valence-electron chi connectivity index (χ3n) is 3.97. The molecule has 3 rings (SSSR count). The zero-order chi connectivity index (χ0) is 20.1. The van der Waals surface area contributed by atoms with Crippen LogP contribution in [-0.2, 0) is 16.1 Å². The molecule has 0 fully saturated rings. The Morgan fingerprint density at radius 3 is 2.50 bits per heavy atom. The number of esters is 1. The third-order valence-corrected chi connectivity index (χ3v) is 3.97. The van der Waals surface area contributed by atoms with Gasteiger partial charge in [0.15, 0.2) is 0 Å². The molecule has 0 atom stereocenters. The molecule has 0 amide bonds. The summed E-state index contributed by atoms with van der Waals surface area (Å²) < 4.78 is 21.8. The highest BCUT2D eigenvalue weighted by atomic mass is 16.6. The zero-order valence-electron chi connectivity index (χ0n) is 15.6. The number of benzene rings is 2. The number of phenols is 1. The van der Waals surface area contributed by atoms with Gasteiger partial charge in [0.2, 0.25) is 11.2 Å². The predicted molar refractivity (Wildman–Crippen MR) is 102 cm³/mol. The molecular weight excluding hydrogens is 364 g/mol. The van der Waals surface area contributed by atoms with E-state index in [2.05, 4.69) is 0 Å². The minimum Gasteiger partial charge on any atom is -0.507 e. The van der Waals surface area contributed by atoms with E-state index in [-0.39, 0.29) is 47.0 Å². The molecule has 1 heterocycles. The summed E-state index contributed by atoms with van der Waals surface area (Å²) in [6, 6.07) is 11.4. The quantitative estimate of drug-likeness (QED) is 0.615. The second kappa shape index (κ2) is 8.58. The summed E-state index contributed by atoms with van der Waals surface area (Å²) in [7, 11) is 0. The van der Waals surface area contributed by atoms with Gasteiger partial charge in [-0.15, -0.1) is 0 Å². The first-order valence-electron chi connectivity index (χ1n) is 8.86. The van der Waals surface area contributed by atoms with E-state index < -0.39 is 11.4 Å². The Morgan fingerprint density at radius 1 is 1.07 bits per heavy atom. The van der Waals surface area contributed by atoms with Crippen molar-refractivity contribution in [2.24, 2.45) is 0 Å². The van der Waals surface area contributed by atoms with Crippen molar-refractivity contribution in [1.29, 1.82) is 0 Å². The van der Waals surface area contributed by atoms with Gasteiger partial charge in [0, 0.05) is 6.61 Å². The predicted octanol–water partition coefficient (Wildman–Crippen LogP) is 4.00. The summed E-state index contributed by atoms with van der Waals surface area (Å²) in [6.45, 7) is 3.95. The van der Waals surface area contributed by atoms with Crippen molar-refractivity contribution in [3.63, 3.8) is 0 Å². The second-order valence-electron chi connectivity index (χ2n) is 5.80. The lowest BCUT2D eigenvalue weighted by Crippen LogP contribution is -2.15. The van der Waals surface area contributed by atoms with Crippen LogP contribution in [0.4, 0.5) is 0 Å². The molecule has 0 radical (unpaired) electrons. The number of carbonyl (C=O) groups is 1. The second-order valence-corrected chi connectivity index (χ2v) is 5.80. The fourth-order valence-corrected chi connectivity index (χ4v) is 2.66. The Labute approximate surface area is 161 Å². The lowest BCUT2D eigenvalue weighted by atomic mass is 10.1. The molecule has 7 nitrogen and oxygen atoms in total. The van der Waals surface area contributed by atoms with Crippen LogP contribution in [0.2, 0.25) is 0 Å². The maximum absolute atomic E-state index is 13.1. The molecule has 1 aromatic heterocycles. The topological polar surface area (TPSA) is 95.2 Å². The van der Waals surface area contributed by atoms with Gasteiger partial charge >= 0.3 is 5.97 Å². The smallest absolute Gasteiger partial charge is 0.378 e. The van der Waals surface area contributed by atoms with E-state index in [4.69, 9.17) is 18.6 Å². The van der Waals surface area contributed by atoms with Gasteiger partial charge in [-0.05, 0) is 38.1 Å². The Balaban J connectivity index is 2.24. The monoisotopic (exact) mass is 384 g/mol. The van der Waals surface area contributed by atoms with Crippen LogP contribution >= 0.6 is 0 Å². The molecule has 3 aromatic rings. The zero-order valence-corrected chi connectivity index (χ0v) is 15.6. The molecule has 0 aliphatic rings. The fourth-order valence-electron chi connectivity index (χ4n) is 2.66. The van der Waals surface area contributed by atoms with Crippen LogP contribution in [0.5, 0.6) is 17.2 Å². The number of rotatable bonds is 7. The van der Waals surface area contributed by atoms with Crippen LogP contribution in [0.15, 0.2) is 51.7 Å². The number of aromatic hydroxyl groups is 1. The lowest BCUT2D eigenvalue weighted by Gasteiger charge is -2.13. The maximum atomic E-state index is 13.1. The molecule has 0 saturated carbocycles. The summed E-state index contributed by atoms with van der Waals surface area (Å²) >= 11 is 0. The highest BCUT2D eigenvalue weighted by Gasteiger charge is 2.26. The van der Waals surface area contributed by atoms with Gasteiger partial charge in [0.05, 0.1) is 24.2 Å². The van der Waals surface area contributed by atoms with E-state index in [1.54, 1.807) is 44.2 Å². The van der Waals surface area contributed by atoms with Crippen LogP contribution < -0.4 is 10.2 Å². The first kappa shape index (κ1) is 19.4. The normalized spacial score (nSPS) is 10.8. The number of carbonyl (C=O) groups excluding carboxylic acids is 1. The molecule has 0 aliphatic heterocycles. The number of para-hydroxylation sites is 1. The SMILES string of the molecule is CCOCc1c(O)ccc2c(=O)c(Oc3ccccc3)c(C(=O)OCC)oc12.